The molecule has 0 saturated heterocycles. The number of alkyl carbamates (subject to hydrolysis) is 1. The smallest absolute Gasteiger partial charge is 0.407 e. The van der Waals surface area contributed by atoms with E-state index in [1.807, 2.05) is 20.8 Å². The molecular formula is C16H32N2O3. The highest BCUT2D eigenvalue weighted by molar-refractivity contribution is 5.68. The van der Waals surface area contributed by atoms with E-state index in [4.69, 9.17) is 9.47 Å². The summed E-state index contributed by atoms with van der Waals surface area (Å²) in [5.41, 5.74) is -0.443. The Morgan fingerprint density at radius 1 is 1.24 bits per heavy atom. The van der Waals surface area contributed by atoms with Gasteiger partial charge >= 0.3 is 6.09 Å². The molecule has 5 heteroatoms. The van der Waals surface area contributed by atoms with Crippen molar-refractivity contribution in [2.45, 2.75) is 77.6 Å². The van der Waals surface area contributed by atoms with Crippen molar-refractivity contribution in [3.05, 3.63) is 0 Å². The second kappa shape index (κ2) is 7.99. The van der Waals surface area contributed by atoms with Gasteiger partial charge in [0, 0.05) is 25.2 Å². The number of carbonyl (C=O) groups is 1. The number of rotatable bonds is 6. The molecule has 1 fully saturated rings. The molecule has 0 aromatic rings. The number of ether oxygens (including phenoxy) is 2. The first-order valence-electron chi connectivity index (χ1n) is 7.95. The Morgan fingerprint density at radius 3 is 2.38 bits per heavy atom. The first-order valence-corrected chi connectivity index (χ1v) is 7.95. The van der Waals surface area contributed by atoms with Crippen LogP contribution < -0.4 is 10.6 Å². The van der Waals surface area contributed by atoms with Crippen molar-refractivity contribution in [2.75, 3.05) is 13.7 Å². The quantitative estimate of drug-likeness (QED) is 0.792. The number of hydrogen-bond acceptors (Lipinski definition) is 4. The van der Waals surface area contributed by atoms with Crippen LogP contribution in [-0.2, 0) is 9.47 Å². The monoisotopic (exact) mass is 300 g/mol. The van der Waals surface area contributed by atoms with Crippen LogP contribution in [0, 0.1) is 5.92 Å². The highest BCUT2D eigenvalue weighted by atomic mass is 16.6. The molecule has 5 nitrogen and oxygen atoms in total. The van der Waals surface area contributed by atoms with Crippen LogP contribution in [0.15, 0.2) is 0 Å². The van der Waals surface area contributed by atoms with Gasteiger partial charge < -0.3 is 20.1 Å². The lowest BCUT2D eigenvalue weighted by Crippen LogP contribution is -2.44. The van der Waals surface area contributed by atoms with Crippen LogP contribution in [0.5, 0.6) is 0 Å². The van der Waals surface area contributed by atoms with E-state index >= 15 is 0 Å². The zero-order valence-electron chi connectivity index (χ0n) is 14.4. The summed E-state index contributed by atoms with van der Waals surface area (Å²) in [6.45, 7) is 10.7. The van der Waals surface area contributed by atoms with Crippen LogP contribution in [0.3, 0.4) is 0 Å². The summed E-state index contributed by atoms with van der Waals surface area (Å²) in [6.07, 6.45) is 2.71. The van der Waals surface area contributed by atoms with Crippen molar-refractivity contribution in [2.24, 2.45) is 5.92 Å². The Hall–Kier alpha value is -0.810. The minimum absolute atomic E-state index is 0.202. The lowest BCUT2D eigenvalue weighted by molar-refractivity contribution is 0.0504. The molecule has 0 bridgehead atoms. The second-order valence-corrected chi connectivity index (χ2v) is 7.33. The fraction of sp³-hybridized carbons (Fsp3) is 0.938. The first kappa shape index (κ1) is 18.2. The fourth-order valence-electron chi connectivity index (χ4n) is 2.65. The number of amides is 1. The van der Waals surface area contributed by atoms with Crippen molar-refractivity contribution in [1.29, 1.82) is 0 Å². The fourth-order valence-corrected chi connectivity index (χ4v) is 2.65. The number of hydrogen-bond donors (Lipinski definition) is 2. The average Bonchev–Trinajstić information content (AvgIpc) is 2.73. The van der Waals surface area contributed by atoms with Gasteiger partial charge in [0.2, 0.25) is 0 Å². The molecular weight excluding hydrogens is 268 g/mol. The predicted octanol–water partition coefficient (Wildman–Crippen LogP) is 2.69. The van der Waals surface area contributed by atoms with Gasteiger partial charge in [0.05, 0.1) is 6.61 Å². The van der Waals surface area contributed by atoms with Gasteiger partial charge in [-0.3, -0.25) is 0 Å². The largest absolute Gasteiger partial charge is 0.444 e. The molecule has 3 unspecified atom stereocenters. The molecule has 1 saturated carbocycles. The minimum atomic E-state index is -0.443. The van der Waals surface area contributed by atoms with Crippen LogP contribution in [0.1, 0.15) is 53.9 Å². The molecule has 3 atom stereocenters. The van der Waals surface area contributed by atoms with Crippen LogP contribution in [0.4, 0.5) is 4.79 Å². The van der Waals surface area contributed by atoms with Gasteiger partial charge in [-0.05, 0) is 46.0 Å². The molecule has 2 N–H and O–H groups in total. The summed E-state index contributed by atoms with van der Waals surface area (Å²) in [4.78, 5) is 11.8. The van der Waals surface area contributed by atoms with Gasteiger partial charge in [-0.2, -0.15) is 0 Å². The maximum Gasteiger partial charge on any atom is 0.407 e. The van der Waals surface area contributed by atoms with E-state index in [1.165, 1.54) is 0 Å². The summed E-state index contributed by atoms with van der Waals surface area (Å²) >= 11 is 0. The third kappa shape index (κ3) is 7.14. The summed E-state index contributed by atoms with van der Waals surface area (Å²) in [5.74, 6) is 0.530. The van der Waals surface area contributed by atoms with E-state index in [2.05, 4.69) is 24.5 Å². The van der Waals surface area contributed by atoms with Crippen LogP contribution in [0.25, 0.3) is 0 Å². The normalized spacial score (nSPS) is 24.1. The van der Waals surface area contributed by atoms with E-state index in [0.29, 0.717) is 18.0 Å². The molecule has 0 aromatic heterocycles. The Kier molecular flexibility index (Phi) is 6.94. The van der Waals surface area contributed by atoms with Gasteiger partial charge in [0.25, 0.3) is 0 Å². The van der Waals surface area contributed by atoms with E-state index in [0.717, 1.165) is 25.9 Å². The van der Waals surface area contributed by atoms with Crippen LogP contribution in [0.2, 0.25) is 0 Å². The molecule has 0 heterocycles. The van der Waals surface area contributed by atoms with Gasteiger partial charge in [0.1, 0.15) is 5.60 Å². The van der Waals surface area contributed by atoms with E-state index in [9.17, 15) is 4.79 Å². The van der Waals surface area contributed by atoms with Crippen LogP contribution >= 0.6 is 0 Å². The van der Waals surface area contributed by atoms with Crippen LogP contribution in [-0.4, -0.2) is 43.5 Å². The van der Waals surface area contributed by atoms with Gasteiger partial charge in [-0.1, -0.05) is 13.8 Å². The summed E-state index contributed by atoms with van der Waals surface area (Å²) in [5, 5.41) is 6.62. The first-order chi connectivity index (χ1) is 9.71. The zero-order valence-corrected chi connectivity index (χ0v) is 14.4. The molecule has 0 spiro atoms. The minimum Gasteiger partial charge on any atom is -0.444 e. The highest BCUT2D eigenvalue weighted by Crippen LogP contribution is 2.21. The molecule has 0 aliphatic heterocycles. The number of carbonyl (C=O) groups excluding carboxylic acids is 1. The molecule has 21 heavy (non-hydrogen) atoms. The second-order valence-electron chi connectivity index (χ2n) is 7.33. The third-order valence-corrected chi connectivity index (χ3v) is 3.75. The average molecular weight is 300 g/mol. The maximum absolute atomic E-state index is 11.8. The molecule has 124 valence electrons. The van der Waals surface area contributed by atoms with E-state index in [1.54, 1.807) is 7.11 Å². The SMILES string of the molecule is COCC(NC1CCC(NC(=O)OC(C)(C)C)C1)C(C)C. The van der Waals surface area contributed by atoms with Crippen molar-refractivity contribution in [3.8, 4) is 0 Å². The van der Waals surface area contributed by atoms with Gasteiger partial charge in [-0.25, -0.2) is 4.79 Å². The van der Waals surface area contributed by atoms with Crippen molar-refractivity contribution in [1.82, 2.24) is 10.6 Å². The van der Waals surface area contributed by atoms with E-state index in [-0.39, 0.29) is 12.1 Å². The maximum atomic E-state index is 11.8. The molecule has 0 aromatic carbocycles. The Labute approximate surface area is 129 Å². The molecule has 1 rings (SSSR count). The Morgan fingerprint density at radius 2 is 1.86 bits per heavy atom. The third-order valence-electron chi connectivity index (χ3n) is 3.75. The molecule has 1 amide bonds. The molecule has 1 aliphatic carbocycles. The molecule has 0 radical (unpaired) electrons. The van der Waals surface area contributed by atoms with Gasteiger partial charge in [-0.15, -0.1) is 0 Å². The predicted molar refractivity (Wildman–Crippen MR) is 84.4 cm³/mol. The number of methoxy groups -OCH3 is 1. The lowest BCUT2D eigenvalue weighted by atomic mass is 10.0. The standard InChI is InChI=1S/C16H32N2O3/c1-11(2)14(10-20-6)17-12-7-8-13(9-12)18-15(19)21-16(3,4)5/h11-14,17H,7-10H2,1-6H3,(H,18,19). The van der Waals surface area contributed by atoms with Crippen molar-refractivity contribution in [3.63, 3.8) is 0 Å². The van der Waals surface area contributed by atoms with E-state index < -0.39 is 5.60 Å². The van der Waals surface area contributed by atoms with Crippen molar-refractivity contribution >= 4 is 6.09 Å². The van der Waals surface area contributed by atoms with Crippen molar-refractivity contribution < 1.29 is 14.3 Å². The summed E-state index contributed by atoms with van der Waals surface area (Å²) in [7, 11) is 1.73. The number of nitrogens with one attached hydrogen (secondary N) is 2. The Balaban J connectivity index is 2.36. The highest BCUT2D eigenvalue weighted by Gasteiger charge is 2.29. The zero-order chi connectivity index (χ0) is 16.0. The van der Waals surface area contributed by atoms with Gasteiger partial charge in [0.15, 0.2) is 0 Å². The molecule has 1 aliphatic rings. The summed E-state index contributed by atoms with van der Waals surface area (Å²) < 4.78 is 10.6. The lowest BCUT2D eigenvalue weighted by Gasteiger charge is -2.26. The Bertz CT molecular complexity index is 326. The topological polar surface area (TPSA) is 59.6 Å². The summed E-state index contributed by atoms with van der Waals surface area (Å²) in [6, 6.07) is 1.00.